The lowest BCUT2D eigenvalue weighted by atomic mass is 10.1. The van der Waals surface area contributed by atoms with Gasteiger partial charge >= 0.3 is 6.18 Å². The van der Waals surface area contributed by atoms with Gasteiger partial charge in [0.2, 0.25) is 0 Å². The van der Waals surface area contributed by atoms with Gasteiger partial charge in [0.15, 0.2) is 0 Å². The second-order valence-electron chi connectivity index (χ2n) is 4.20. The predicted octanol–water partition coefficient (Wildman–Crippen LogP) is 5.37. The third-order valence-corrected chi connectivity index (χ3v) is 3.52. The van der Waals surface area contributed by atoms with Crippen molar-refractivity contribution in [3.05, 3.63) is 57.0 Å². The second kappa shape index (κ2) is 6.25. The molecule has 0 unspecified atom stereocenters. The van der Waals surface area contributed by atoms with E-state index in [0.29, 0.717) is 5.02 Å². The van der Waals surface area contributed by atoms with Crippen LogP contribution in [-0.4, -0.2) is 0 Å². The number of rotatable bonds is 3. The number of nitrogens with two attached hydrogens (primary N) is 1. The first-order valence-electron chi connectivity index (χ1n) is 5.84. The molecule has 21 heavy (non-hydrogen) atoms. The van der Waals surface area contributed by atoms with E-state index in [1.165, 1.54) is 12.1 Å². The normalized spacial score (nSPS) is 11.5. The smallest absolute Gasteiger partial charge is 0.416 e. The van der Waals surface area contributed by atoms with Crippen molar-refractivity contribution >= 4 is 27.5 Å². The van der Waals surface area contributed by atoms with Gasteiger partial charge in [0.25, 0.3) is 0 Å². The fourth-order valence-electron chi connectivity index (χ4n) is 1.75. The molecular weight excluding hydrogens is 371 g/mol. The molecule has 0 bridgehead atoms. The number of halogens is 5. The van der Waals surface area contributed by atoms with Gasteiger partial charge in [-0.2, -0.15) is 13.2 Å². The molecule has 0 spiro atoms. The molecule has 0 aromatic heterocycles. The molecule has 0 aliphatic rings. The van der Waals surface area contributed by atoms with E-state index in [-0.39, 0.29) is 23.6 Å². The van der Waals surface area contributed by atoms with Crippen molar-refractivity contribution in [3.63, 3.8) is 0 Å². The molecule has 0 heterocycles. The first-order chi connectivity index (χ1) is 9.81. The SMILES string of the molecule is NCc1ccc(Oc2ccc(Br)cc2Cl)cc1C(F)(F)F. The van der Waals surface area contributed by atoms with E-state index in [2.05, 4.69) is 15.9 Å². The van der Waals surface area contributed by atoms with E-state index in [4.69, 9.17) is 22.1 Å². The van der Waals surface area contributed by atoms with E-state index in [1.54, 1.807) is 18.2 Å². The Balaban J connectivity index is 2.37. The molecule has 0 aliphatic carbocycles. The van der Waals surface area contributed by atoms with Crippen LogP contribution >= 0.6 is 27.5 Å². The number of benzene rings is 2. The second-order valence-corrected chi connectivity index (χ2v) is 5.52. The van der Waals surface area contributed by atoms with Gasteiger partial charge in [-0.05, 0) is 35.9 Å². The Bertz CT molecular complexity index is 661. The maximum absolute atomic E-state index is 12.9. The Hall–Kier alpha value is -1.24. The summed E-state index contributed by atoms with van der Waals surface area (Å²) >= 11 is 9.21. The average Bonchev–Trinajstić information content (AvgIpc) is 2.41. The van der Waals surface area contributed by atoms with Crippen LogP contribution < -0.4 is 10.5 Å². The van der Waals surface area contributed by atoms with Crippen molar-refractivity contribution < 1.29 is 17.9 Å². The van der Waals surface area contributed by atoms with Gasteiger partial charge in [0.05, 0.1) is 10.6 Å². The van der Waals surface area contributed by atoms with Crippen LogP contribution in [-0.2, 0) is 12.7 Å². The molecule has 2 aromatic rings. The van der Waals surface area contributed by atoms with Gasteiger partial charge in [-0.1, -0.05) is 33.6 Å². The highest BCUT2D eigenvalue weighted by Gasteiger charge is 2.33. The summed E-state index contributed by atoms with van der Waals surface area (Å²) < 4.78 is 45.0. The lowest BCUT2D eigenvalue weighted by Gasteiger charge is -2.14. The molecule has 2 rings (SSSR count). The van der Waals surface area contributed by atoms with Crippen LogP contribution in [0.25, 0.3) is 0 Å². The summed E-state index contributed by atoms with van der Waals surface area (Å²) in [5.74, 6) is 0.317. The monoisotopic (exact) mass is 379 g/mol. The zero-order chi connectivity index (χ0) is 15.6. The Kier molecular flexibility index (Phi) is 4.81. The van der Waals surface area contributed by atoms with E-state index in [9.17, 15) is 13.2 Å². The summed E-state index contributed by atoms with van der Waals surface area (Å²) in [5, 5.41) is 0.292. The highest BCUT2D eigenvalue weighted by molar-refractivity contribution is 9.10. The zero-order valence-electron chi connectivity index (χ0n) is 10.5. The fraction of sp³-hybridized carbons (Fsp3) is 0.143. The Labute approximate surface area is 132 Å². The molecule has 2 N–H and O–H groups in total. The van der Waals surface area contributed by atoms with Gasteiger partial charge in [0.1, 0.15) is 11.5 Å². The van der Waals surface area contributed by atoms with Gasteiger partial charge < -0.3 is 10.5 Å². The molecule has 0 saturated heterocycles. The zero-order valence-corrected chi connectivity index (χ0v) is 12.9. The summed E-state index contributed by atoms with van der Waals surface area (Å²) in [7, 11) is 0. The highest BCUT2D eigenvalue weighted by atomic mass is 79.9. The molecule has 0 fully saturated rings. The van der Waals surface area contributed by atoms with Crippen molar-refractivity contribution in [1.82, 2.24) is 0 Å². The largest absolute Gasteiger partial charge is 0.456 e. The molecule has 2 nitrogen and oxygen atoms in total. The van der Waals surface area contributed by atoms with Crippen molar-refractivity contribution in [1.29, 1.82) is 0 Å². The number of alkyl halides is 3. The highest BCUT2D eigenvalue weighted by Crippen LogP contribution is 2.37. The molecule has 0 aliphatic heterocycles. The quantitative estimate of drug-likeness (QED) is 0.777. The average molecular weight is 381 g/mol. The lowest BCUT2D eigenvalue weighted by molar-refractivity contribution is -0.138. The van der Waals surface area contributed by atoms with E-state index < -0.39 is 11.7 Å². The molecule has 0 radical (unpaired) electrons. The lowest BCUT2D eigenvalue weighted by Crippen LogP contribution is -2.12. The van der Waals surface area contributed by atoms with Crippen molar-refractivity contribution in [2.24, 2.45) is 5.73 Å². The maximum atomic E-state index is 12.9. The molecule has 112 valence electrons. The minimum absolute atomic E-state index is 0.0109. The van der Waals surface area contributed by atoms with Crippen molar-refractivity contribution in [3.8, 4) is 11.5 Å². The van der Waals surface area contributed by atoms with Crippen LogP contribution in [0.3, 0.4) is 0 Å². The van der Waals surface area contributed by atoms with E-state index >= 15 is 0 Å². The standard InChI is InChI=1S/C14H10BrClF3NO/c15-9-2-4-13(12(16)5-9)21-10-3-1-8(7-20)11(6-10)14(17,18)19/h1-6H,7,20H2. The Morgan fingerprint density at radius 2 is 1.86 bits per heavy atom. The van der Waals surface area contributed by atoms with Gasteiger partial charge in [0, 0.05) is 11.0 Å². The molecule has 2 aromatic carbocycles. The summed E-state index contributed by atoms with van der Waals surface area (Å²) in [6.45, 7) is -0.200. The third-order valence-electron chi connectivity index (χ3n) is 2.73. The Morgan fingerprint density at radius 1 is 1.14 bits per heavy atom. The molecule has 0 atom stereocenters. The molecule has 0 amide bonds. The van der Waals surface area contributed by atoms with E-state index in [1.807, 2.05) is 0 Å². The van der Waals surface area contributed by atoms with Gasteiger partial charge in [-0.3, -0.25) is 0 Å². The first-order valence-corrected chi connectivity index (χ1v) is 7.01. The first kappa shape index (κ1) is 16.1. The van der Waals surface area contributed by atoms with Crippen LogP contribution in [0.15, 0.2) is 40.9 Å². The summed E-state index contributed by atoms with van der Waals surface area (Å²) in [6, 6.07) is 8.48. The van der Waals surface area contributed by atoms with Crippen LogP contribution in [0.1, 0.15) is 11.1 Å². The predicted molar refractivity (Wildman–Crippen MR) is 78.6 cm³/mol. The van der Waals surface area contributed by atoms with Crippen LogP contribution in [0.4, 0.5) is 13.2 Å². The van der Waals surface area contributed by atoms with Crippen LogP contribution in [0, 0.1) is 0 Å². The summed E-state index contributed by atoms with van der Waals surface area (Å²) in [6.07, 6.45) is -4.49. The number of hydrogen-bond acceptors (Lipinski definition) is 2. The minimum Gasteiger partial charge on any atom is -0.456 e. The fourth-order valence-corrected chi connectivity index (χ4v) is 2.46. The van der Waals surface area contributed by atoms with Crippen molar-refractivity contribution in [2.75, 3.05) is 0 Å². The third kappa shape index (κ3) is 3.90. The van der Waals surface area contributed by atoms with E-state index in [0.717, 1.165) is 10.5 Å². The molecule has 0 saturated carbocycles. The number of hydrogen-bond donors (Lipinski definition) is 1. The van der Waals surface area contributed by atoms with Crippen LogP contribution in [0.2, 0.25) is 5.02 Å². The van der Waals surface area contributed by atoms with Gasteiger partial charge in [-0.15, -0.1) is 0 Å². The molecular formula is C14H10BrClF3NO. The number of ether oxygens (including phenoxy) is 1. The molecule has 7 heteroatoms. The maximum Gasteiger partial charge on any atom is 0.416 e. The van der Waals surface area contributed by atoms with Gasteiger partial charge in [-0.25, -0.2) is 0 Å². The summed E-state index contributed by atoms with van der Waals surface area (Å²) in [4.78, 5) is 0. The van der Waals surface area contributed by atoms with Crippen molar-refractivity contribution in [2.45, 2.75) is 12.7 Å². The summed E-state index contributed by atoms with van der Waals surface area (Å²) in [5.41, 5.74) is 4.52. The topological polar surface area (TPSA) is 35.2 Å². The Morgan fingerprint density at radius 3 is 2.43 bits per heavy atom. The minimum atomic E-state index is -4.49. The van der Waals surface area contributed by atoms with Crippen LogP contribution in [0.5, 0.6) is 11.5 Å².